The molecule has 3 nitrogen and oxygen atoms in total. The summed E-state index contributed by atoms with van der Waals surface area (Å²) in [5.41, 5.74) is 32.9. The molecule has 0 N–H and O–H groups in total. The van der Waals surface area contributed by atoms with Crippen LogP contribution in [0.15, 0.2) is 176 Å². The van der Waals surface area contributed by atoms with Crippen molar-refractivity contribution in [1.29, 1.82) is 0 Å². The van der Waals surface area contributed by atoms with Crippen LogP contribution >= 0.6 is 0 Å². The monoisotopic (exact) mass is 1240 g/mol. The second-order valence-electron chi connectivity index (χ2n) is 35.9. The molecule has 2 unspecified atom stereocenters. The van der Waals surface area contributed by atoms with Gasteiger partial charge < -0.3 is 14.7 Å². The molecule has 480 valence electrons. The minimum atomic E-state index is -0.242. The van der Waals surface area contributed by atoms with Crippen LogP contribution in [-0.2, 0) is 43.3 Å². The van der Waals surface area contributed by atoms with Gasteiger partial charge in [0.15, 0.2) is 0 Å². The zero-order chi connectivity index (χ0) is 66.4. The van der Waals surface area contributed by atoms with Gasteiger partial charge in [0.05, 0.1) is 16.9 Å². The van der Waals surface area contributed by atoms with Crippen molar-refractivity contribution in [2.75, 3.05) is 14.7 Å². The molecule has 9 aromatic rings. The first kappa shape index (κ1) is 62.6. The van der Waals surface area contributed by atoms with Crippen molar-refractivity contribution < 1.29 is 0 Å². The first-order valence-corrected chi connectivity index (χ1v) is 35.8. The third-order valence-electron chi connectivity index (χ3n) is 24.8. The van der Waals surface area contributed by atoms with Gasteiger partial charge in [0, 0.05) is 50.7 Å². The molecule has 1 fully saturated rings. The fourth-order valence-electron chi connectivity index (χ4n) is 18.3. The third-order valence-corrected chi connectivity index (χ3v) is 24.8. The Balaban J connectivity index is 1.12. The lowest BCUT2D eigenvalue weighted by atomic mass is 9.32. The van der Waals surface area contributed by atoms with Gasteiger partial charge in [0.1, 0.15) is 0 Å². The Hall–Kier alpha value is -7.56. The fraction of sp³-hybridized carbons (Fsp3) is 0.400. The second kappa shape index (κ2) is 21.0. The standard InChI is InChI=1S/C90H102BN3/c1-82(2,3)61-35-32-57(33-36-61)60-34-39-76-71(48-60)89(18)42-26-27-43-90(89,19)94(76)64-51-79-81-80(52-64)93(75-41-38-63(84(7,8)9)50-66(75)59-30-24-21-25-31-59)78-56-70-68(86(12,13)45-47-88(70,16)17)54-73(78)91(81)72-53-67-69(87(14,15)46-44-85(67,10)11)55-77(72)92(79)74-40-37-62(83(4,5)6)49-65(74)58-28-22-20-23-29-58/h20-25,28-41,48-56H,26-27,42-47H2,1-19H3. The molecule has 0 bridgehead atoms. The Labute approximate surface area is 565 Å². The largest absolute Gasteiger partial charge is 0.334 e. The van der Waals surface area contributed by atoms with Crippen LogP contribution in [0.4, 0.5) is 45.5 Å². The van der Waals surface area contributed by atoms with Crippen molar-refractivity contribution >= 4 is 68.6 Å². The summed E-state index contributed by atoms with van der Waals surface area (Å²) < 4.78 is 0. The Morgan fingerprint density at radius 3 is 1.15 bits per heavy atom. The summed E-state index contributed by atoms with van der Waals surface area (Å²) in [5, 5.41) is 0. The van der Waals surface area contributed by atoms with Gasteiger partial charge in [-0.1, -0.05) is 253 Å². The van der Waals surface area contributed by atoms with Crippen LogP contribution in [0, 0.1) is 0 Å². The summed E-state index contributed by atoms with van der Waals surface area (Å²) >= 11 is 0. The van der Waals surface area contributed by atoms with Gasteiger partial charge in [-0.25, -0.2) is 0 Å². The highest BCUT2D eigenvalue weighted by atomic mass is 15.3. The van der Waals surface area contributed by atoms with E-state index in [9.17, 15) is 0 Å². The van der Waals surface area contributed by atoms with E-state index in [4.69, 9.17) is 0 Å². The molecule has 3 heterocycles. The van der Waals surface area contributed by atoms with E-state index >= 15 is 0 Å². The van der Waals surface area contributed by atoms with Gasteiger partial charge in [-0.3, -0.25) is 0 Å². The lowest BCUT2D eigenvalue weighted by molar-refractivity contribution is 0.195. The molecular weight excluding hydrogens is 1130 g/mol. The number of fused-ring (bicyclic) bond motifs is 9. The van der Waals surface area contributed by atoms with Crippen LogP contribution in [-0.4, -0.2) is 12.3 Å². The van der Waals surface area contributed by atoms with Crippen molar-refractivity contribution in [3.8, 4) is 33.4 Å². The van der Waals surface area contributed by atoms with Gasteiger partial charge in [-0.2, -0.15) is 0 Å². The number of anilines is 8. The summed E-state index contributed by atoms with van der Waals surface area (Å²) in [6.45, 7) is 46.6. The zero-order valence-electron chi connectivity index (χ0n) is 60.3. The first-order chi connectivity index (χ1) is 44.2. The van der Waals surface area contributed by atoms with E-state index < -0.39 is 0 Å². The van der Waals surface area contributed by atoms with Gasteiger partial charge in [-0.05, 0) is 227 Å². The molecule has 0 radical (unpaired) electrons. The normalized spacial score (nSPS) is 21.1. The predicted octanol–water partition coefficient (Wildman–Crippen LogP) is 23.1. The molecule has 94 heavy (non-hydrogen) atoms. The molecule has 6 aliphatic rings. The summed E-state index contributed by atoms with van der Waals surface area (Å²) in [5.74, 6) is 0. The molecule has 0 amide bonds. The SMILES string of the molecule is CC(C)(C)c1ccc(-c2ccc3c(c2)C2(C)CCCCC2(C)N3c2cc3c4c(c2)N(c2ccc(C(C)(C)C)cc2-c2ccccc2)c2cc5c(cc2B4c2cc4c(cc2N3c2ccc(C(C)(C)C)cc2-c2ccccc2)C(C)(C)CCC4(C)C)C(C)(C)CCC5(C)C)cc1. The van der Waals surface area contributed by atoms with Crippen molar-refractivity contribution in [2.45, 2.75) is 232 Å². The van der Waals surface area contributed by atoms with E-state index in [0.717, 1.165) is 38.5 Å². The second-order valence-corrected chi connectivity index (χ2v) is 35.9. The maximum absolute atomic E-state index is 2.89. The maximum atomic E-state index is 2.89. The fourth-order valence-corrected chi connectivity index (χ4v) is 18.3. The molecule has 0 saturated heterocycles. The lowest BCUT2D eigenvalue weighted by Gasteiger charge is -2.52. The third kappa shape index (κ3) is 9.60. The van der Waals surface area contributed by atoms with Gasteiger partial charge in [0.2, 0.25) is 0 Å². The average molecular weight is 1240 g/mol. The van der Waals surface area contributed by atoms with Crippen LogP contribution in [0.3, 0.4) is 0 Å². The molecule has 15 rings (SSSR count). The van der Waals surface area contributed by atoms with Crippen LogP contribution in [0.25, 0.3) is 33.4 Å². The first-order valence-electron chi connectivity index (χ1n) is 35.8. The highest BCUT2D eigenvalue weighted by molar-refractivity contribution is 7.00. The van der Waals surface area contributed by atoms with Crippen LogP contribution in [0.2, 0.25) is 0 Å². The van der Waals surface area contributed by atoms with E-state index in [1.165, 1.54) is 153 Å². The predicted molar refractivity (Wildman–Crippen MR) is 406 cm³/mol. The smallest absolute Gasteiger partial charge is 0.252 e. The van der Waals surface area contributed by atoms with Gasteiger partial charge in [0.25, 0.3) is 6.71 Å². The van der Waals surface area contributed by atoms with E-state index in [2.05, 4.69) is 322 Å². The van der Waals surface area contributed by atoms with E-state index in [-0.39, 0.29) is 55.6 Å². The molecule has 3 aliphatic heterocycles. The van der Waals surface area contributed by atoms with E-state index in [1.54, 1.807) is 0 Å². The zero-order valence-corrected chi connectivity index (χ0v) is 60.3. The van der Waals surface area contributed by atoms with Gasteiger partial charge in [-0.15, -0.1) is 0 Å². The minimum absolute atomic E-state index is 0.0208. The molecular formula is C90H102BN3. The molecule has 2 atom stereocenters. The highest BCUT2D eigenvalue weighted by Crippen LogP contribution is 2.63. The minimum Gasteiger partial charge on any atom is -0.334 e. The van der Waals surface area contributed by atoms with Crippen molar-refractivity contribution in [3.05, 3.63) is 220 Å². The number of benzene rings is 9. The Morgan fingerprint density at radius 1 is 0.319 bits per heavy atom. The molecule has 0 aromatic heterocycles. The number of hydrogen-bond acceptors (Lipinski definition) is 3. The Morgan fingerprint density at radius 2 is 0.713 bits per heavy atom. The van der Waals surface area contributed by atoms with Crippen molar-refractivity contribution in [1.82, 2.24) is 0 Å². The van der Waals surface area contributed by atoms with Crippen LogP contribution < -0.4 is 31.1 Å². The topological polar surface area (TPSA) is 9.72 Å². The molecule has 4 heteroatoms. The number of hydrogen-bond donors (Lipinski definition) is 0. The summed E-state index contributed by atoms with van der Waals surface area (Å²) in [6, 6.07) is 71.1. The average Bonchev–Trinajstić information content (AvgIpc) is 1.11. The quantitative estimate of drug-likeness (QED) is 0.154. The highest BCUT2D eigenvalue weighted by Gasteiger charge is 2.59. The summed E-state index contributed by atoms with van der Waals surface area (Å²) in [7, 11) is 0. The maximum Gasteiger partial charge on any atom is 0.252 e. The van der Waals surface area contributed by atoms with Crippen LogP contribution in [0.1, 0.15) is 227 Å². The molecule has 0 spiro atoms. The molecule has 3 aliphatic carbocycles. The summed E-state index contributed by atoms with van der Waals surface area (Å²) in [4.78, 5) is 8.50. The van der Waals surface area contributed by atoms with Crippen molar-refractivity contribution in [2.24, 2.45) is 0 Å². The lowest BCUT2D eigenvalue weighted by Crippen LogP contribution is -2.62. The number of nitrogens with zero attached hydrogens (tertiary/aromatic N) is 3. The Bertz CT molecular complexity index is 4320. The van der Waals surface area contributed by atoms with Crippen LogP contribution in [0.5, 0.6) is 0 Å². The Kier molecular flexibility index (Phi) is 14.0. The van der Waals surface area contributed by atoms with Gasteiger partial charge >= 0.3 is 0 Å². The molecule has 1 saturated carbocycles. The van der Waals surface area contributed by atoms with Crippen molar-refractivity contribution in [3.63, 3.8) is 0 Å². The van der Waals surface area contributed by atoms with E-state index in [0.29, 0.717) is 0 Å². The summed E-state index contributed by atoms with van der Waals surface area (Å²) in [6.07, 6.45) is 9.19. The molecule has 9 aromatic carbocycles. The number of rotatable bonds is 6. The van der Waals surface area contributed by atoms with E-state index in [1.807, 2.05) is 0 Å².